The molecule has 1 unspecified atom stereocenters. The van der Waals surface area contributed by atoms with Crippen molar-refractivity contribution < 1.29 is 4.74 Å². The summed E-state index contributed by atoms with van der Waals surface area (Å²) in [7, 11) is 0. The van der Waals surface area contributed by atoms with Crippen molar-refractivity contribution in [1.82, 2.24) is 0 Å². The van der Waals surface area contributed by atoms with Crippen molar-refractivity contribution in [3.63, 3.8) is 0 Å². The summed E-state index contributed by atoms with van der Waals surface area (Å²) in [5, 5.41) is 8.64. The Morgan fingerprint density at radius 1 is 1.46 bits per heavy atom. The fourth-order valence-electron chi connectivity index (χ4n) is 0.912. The van der Waals surface area contributed by atoms with Gasteiger partial charge in [-0.15, -0.1) is 0 Å². The molecule has 0 spiro atoms. The average molecular weight is 176 g/mol. The lowest BCUT2D eigenvalue weighted by Crippen LogP contribution is -2.11. The molecule has 1 aromatic carbocycles. The van der Waals surface area contributed by atoms with E-state index in [2.05, 4.69) is 6.07 Å². The van der Waals surface area contributed by atoms with E-state index in [1.54, 1.807) is 24.3 Å². The average Bonchev–Trinajstić information content (AvgIpc) is 2.17. The Balaban J connectivity index is 2.64. The summed E-state index contributed by atoms with van der Waals surface area (Å²) in [6.45, 7) is 1.91. The van der Waals surface area contributed by atoms with E-state index in [4.69, 9.17) is 15.7 Å². The second-order valence-electron chi connectivity index (χ2n) is 2.71. The number of nitrogen functional groups attached to an aromatic ring is 1. The highest BCUT2D eigenvalue weighted by molar-refractivity contribution is 5.41. The maximum atomic E-state index is 8.64. The van der Waals surface area contributed by atoms with E-state index in [1.165, 1.54) is 0 Å². The molecule has 0 fully saturated rings. The van der Waals surface area contributed by atoms with Crippen LogP contribution in [-0.4, -0.2) is 6.10 Å². The number of ether oxygens (including phenoxy) is 1. The highest BCUT2D eigenvalue weighted by atomic mass is 16.5. The summed E-state index contributed by atoms with van der Waals surface area (Å²) in [6, 6.07) is 9.08. The minimum Gasteiger partial charge on any atom is -0.476 e. The third-order valence-electron chi connectivity index (χ3n) is 1.67. The fourth-order valence-corrected chi connectivity index (χ4v) is 0.912. The molecule has 0 aliphatic rings. The maximum absolute atomic E-state index is 8.64. The van der Waals surface area contributed by atoms with E-state index in [0.29, 0.717) is 17.9 Å². The fraction of sp³-hybridized carbons (Fsp3) is 0.300. The number of hydrogen-bond acceptors (Lipinski definition) is 3. The molecule has 3 heteroatoms. The number of anilines is 1. The van der Waals surface area contributed by atoms with Gasteiger partial charge in [0.1, 0.15) is 11.8 Å². The number of nitrogens with zero attached hydrogens (tertiary/aromatic N) is 1. The Morgan fingerprint density at radius 2 is 2.08 bits per heavy atom. The van der Waals surface area contributed by atoms with Gasteiger partial charge in [-0.3, -0.25) is 0 Å². The zero-order chi connectivity index (χ0) is 9.68. The summed E-state index contributed by atoms with van der Waals surface area (Å²) >= 11 is 0. The topological polar surface area (TPSA) is 59.0 Å². The van der Waals surface area contributed by atoms with Crippen molar-refractivity contribution in [2.45, 2.75) is 19.4 Å². The SMILES string of the molecule is CCC(C#N)Oc1ccc(N)cc1. The van der Waals surface area contributed by atoms with Crippen LogP contribution in [0.2, 0.25) is 0 Å². The van der Waals surface area contributed by atoms with E-state index < -0.39 is 0 Å². The molecule has 0 aliphatic carbocycles. The molecule has 68 valence electrons. The molecule has 0 bridgehead atoms. The highest BCUT2D eigenvalue weighted by Gasteiger charge is 2.04. The van der Waals surface area contributed by atoms with Crippen LogP contribution in [0.15, 0.2) is 24.3 Å². The largest absolute Gasteiger partial charge is 0.476 e. The Labute approximate surface area is 77.7 Å². The number of hydrogen-bond donors (Lipinski definition) is 1. The second kappa shape index (κ2) is 4.36. The minimum absolute atomic E-state index is 0.372. The molecule has 0 saturated heterocycles. The summed E-state index contributed by atoms with van der Waals surface area (Å²) in [4.78, 5) is 0. The van der Waals surface area contributed by atoms with Crippen molar-refractivity contribution >= 4 is 5.69 Å². The molecule has 0 heterocycles. The van der Waals surface area contributed by atoms with Crippen molar-refractivity contribution in [3.05, 3.63) is 24.3 Å². The van der Waals surface area contributed by atoms with Gasteiger partial charge in [-0.05, 0) is 30.7 Å². The summed E-state index contributed by atoms with van der Waals surface area (Å²) in [6.07, 6.45) is 0.310. The van der Waals surface area contributed by atoms with E-state index in [0.717, 1.165) is 0 Å². The minimum atomic E-state index is -0.372. The Morgan fingerprint density at radius 3 is 2.54 bits per heavy atom. The maximum Gasteiger partial charge on any atom is 0.184 e. The first-order valence-electron chi connectivity index (χ1n) is 4.18. The van der Waals surface area contributed by atoms with Gasteiger partial charge in [-0.1, -0.05) is 6.92 Å². The Kier molecular flexibility index (Phi) is 3.15. The van der Waals surface area contributed by atoms with Gasteiger partial charge in [0.05, 0.1) is 0 Å². The molecule has 0 saturated carbocycles. The van der Waals surface area contributed by atoms with Crippen LogP contribution in [0.25, 0.3) is 0 Å². The third-order valence-corrected chi connectivity index (χ3v) is 1.67. The molecule has 1 rings (SSSR count). The number of benzene rings is 1. The second-order valence-corrected chi connectivity index (χ2v) is 2.71. The van der Waals surface area contributed by atoms with Gasteiger partial charge >= 0.3 is 0 Å². The lowest BCUT2D eigenvalue weighted by molar-refractivity contribution is 0.252. The smallest absolute Gasteiger partial charge is 0.184 e. The van der Waals surface area contributed by atoms with Gasteiger partial charge in [-0.2, -0.15) is 5.26 Å². The van der Waals surface area contributed by atoms with E-state index in [-0.39, 0.29) is 6.10 Å². The summed E-state index contributed by atoms with van der Waals surface area (Å²) < 4.78 is 5.35. The Hall–Kier alpha value is -1.69. The molecule has 1 aromatic rings. The first kappa shape index (κ1) is 9.40. The van der Waals surface area contributed by atoms with E-state index in [9.17, 15) is 0 Å². The molecular formula is C10H12N2O. The third kappa shape index (κ3) is 2.68. The van der Waals surface area contributed by atoms with Crippen molar-refractivity contribution in [2.24, 2.45) is 0 Å². The van der Waals surface area contributed by atoms with Crippen LogP contribution in [-0.2, 0) is 0 Å². The summed E-state index contributed by atoms with van der Waals surface area (Å²) in [5.41, 5.74) is 6.19. The zero-order valence-electron chi connectivity index (χ0n) is 7.53. The lowest BCUT2D eigenvalue weighted by Gasteiger charge is -2.09. The highest BCUT2D eigenvalue weighted by Crippen LogP contribution is 2.15. The molecule has 1 atom stereocenters. The van der Waals surface area contributed by atoms with Gasteiger partial charge in [0.2, 0.25) is 0 Å². The molecule has 0 aliphatic heterocycles. The van der Waals surface area contributed by atoms with Crippen molar-refractivity contribution in [3.8, 4) is 11.8 Å². The molecule has 2 N–H and O–H groups in total. The standard InChI is InChI=1S/C10H12N2O/c1-2-9(7-11)13-10-5-3-8(12)4-6-10/h3-6,9H,2,12H2,1H3. The molecular weight excluding hydrogens is 164 g/mol. The Bertz CT molecular complexity index is 300. The van der Waals surface area contributed by atoms with Crippen LogP contribution in [0.4, 0.5) is 5.69 Å². The normalized spacial score (nSPS) is 11.7. The lowest BCUT2D eigenvalue weighted by atomic mass is 10.3. The zero-order valence-corrected chi connectivity index (χ0v) is 7.53. The number of rotatable bonds is 3. The van der Waals surface area contributed by atoms with Gasteiger partial charge in [0, 0.05) is 5.69 Å². The predicted octanol–water partition coefficient (Wildman–Crippen LogP) is 1.95. The van der Waals surface area contributed by atoms with Crippen LogP contribution < -0.4 is 10.5 Å². The van der Waals surface area contributed by atoms with E-state index in [1.807, 2.05) is 6.92 Å². The first-order chi connectivity index (χ1) is 6.26. The molecule has 0 aromatic heterocycles. The number of nitrogens with two attached hydrogens (primary N) is 1. The van der Waals surface area contributed by atoms with Crippen molar-refractivity contribution in [2.75, 3.05) is 5.73 Å². The monoisotopic (exact) mass is 176 g/mol. The first-order valence-corrected chi connectivity index (χ1v) is 4.18. The predicted molar refractivity (Wildman–Crippen MR) is 51.2 cm³/mol. The number of nitriles is 1. The van der Waals surface area contributed by atoms with Crippen LogP contribution in [0.3, 0.4) is 0 Å². The van der Waals surface area contributed by atoms with Gasteiger partial charge in [-0.25, -0.2) is 0 Å². The molecule has 13 heavy (non-hydrogen) atoms. The molecule has 0 radical (unpaired) electrons. The quantitative estimate of drug-likeness (QED) is 0.716. The van der Waals surface area contributed by atoms with Crippen LogP contribution in [0.1, 0.15) is 13.3 Å². The van der Waals surface area contributed by atoms with E-state index >= 15 is 0 Å². The summed E-state index contributed by atoms with van der Waals surface area (Å²) in [5.74, 6) is 0.683. The van der Waals surface area contributed by atoms with Crippen LogP contribution >= 0.6 is 0 Å². The molecule has 3 nitrogen and oxygen atoms in total. The molecule has 0 amide bonds. The van der Waals surface area contributed by atoms with Gasteiger partial charge < -0.3 is 10.5 Å². The van der Waals surface area contributed by atoms with Crippen LogP contribution in [0, 0.1) is 11.3 Å². The van der Waals surface area contributed by atoms with Crippen LogP contribution in [0.5, 0.6) is 5.75 Å². The van der Waals surface area contributed by atoms with Gasteiger partial charge in [0.25, 0.3) is 0 Å². The van der Waals surface area contributed by atoms with Gasteiger partial charge in [0.15, 0.2) is 6.10 Å². The van der Waals surface area contributed by atoms with Crippen molar-refractivity contribution in [1.29, 1.82) is 5.26 Å².